The Morgan fingerprint density at radius 3 is 2.71 bits per heavy atom. The molecule has 0 spiro atoms. The van der Waals surface area contributed by atoms with Gasteiger partial charge in [-0.25, -0.2) is 17.9 Å². The first-order chi connectivity index (χ1) is 13.4. The summed E-state index contributed by atoms with van der Waals surface area (Å²) in [5.74, 6) is -0.852. The van der Waals surface area contributed by atoms with Gasteiger partial charge in [0.05, 0.1) is 10.4 Å². The highest BCUT2D eigenvalue weighted by Crippen LogP contribution is 2.23. The summed E-state index contributed by atoms with van der Waals surface area (Å²) in [7, 11) is -3.59. The number of benzene rings is 2. The zero-order chi connectivity index (χ0) is 19.7. The maximum Gasteiger partial charge on any atom is 0.419 e. The van der Waals surface area contributed by atoms with Crippen LogP contribution < -0.4 is 15.8 Å². The predicted molar refractivity (Wildman–Crippen MR) is 104 cm³/mol. The van der Waals surface area contributed by atoms with Crippen molar-refractivity contribution in [3.05, 3.63) is 59.1 Å². The van der Waals surface area contributed by atoms with Crippen molar-refractivity contribution in [2.24, 2.45) is 0 Å². The molecule has 0 atom stereocenters. The SMILES string of the molecule is O=C(CCn1c(=O)oc2ccccc21)Nc1cccc(S(=O)(=O)NC2CC2)c1. The summed E-state index contributed by atoms with van der Waals surface area (Å²) < 4.78 is 33.7. The summed E-state index contributed by atoms with van der Waals surface area (Å²) in [6, 6.07) is 13.1. The van der Waals surface area contributed by atoms with Gasteiger partial charge in [-0.05, 0) is 43.2 Å². The van der Waals surface area contributed by atoms with Crippen LogP contribution in [0.2, 0.25) is 0 Å². The molecule has 1 saturated carbocycles. The Hall–Kier alpha value is -2.91. The van der Waals surface area contributed by atoms with Gasteiger partial charge in [-0.3, -0.25) is 9.36 Å². The van der Waals surface area contributed by atoms with Crippen LogP contribution in [0.1, 0.15) is 19.3 Å². The lowest BCUT2D eigenvalue weighted by molar-refractivity contribution is -0.116. The van der Waals surface area contributed by atoms with Crippen molar-refractivity contribution < 1.29 is 17.6 Å². The van der Waals surface area contributed by atoms with Crippen LogP contribution in [-0.4, -0.2) is 24.9 Å². The van der Waals surface area contributed by atoms with Gasteiger partial charge in [0.15, 0.2) is 5.58 Å². The van der Waals surface area contributed by atoms with E-state index in [1.165, 1.54) is 16.7 Å². The van der Waals surface area contributed by atoms with E-state index in [1.807, 2.05) is 0 Å². The van der Waals surface area contributed by atoms with E-state index < -0.39 is 15.8 Å². The Balaban J connectivity index is 1.43. The predicted octanol–water partition coefficient (Wildman–Crippen LogP) is 2.06. The fourth-order valence-electron chi connectivity index (χ4n) is 2.89. The normalized spacial score (nSPS) is 14.3. The zero-order valence-electron chi connectivity index (χ0n) is 14.9. The van der Waals surface area contributed by atoms with Gasteiger partial charge in [0.25, 0.3) is 0 Å². The largest absolute Gasteiger partial charge is 0.419 e. The number of carbonyl (C=O) groups excluding carboxylic acids is 1. The molecule has 0 unspecified atom stereocenters. The van der Waals surface area contributed by atoms with Gasteiger partial charge in [0, 0.05) is 24.7 Å². The van der Waals surface area contributed by atoms with Crippen molar-refractivity contribution in [1.82, 2.24) is 9.29 Å². The average molecular weight is 401 g/mol. The summed E-state index contributed by atoms with van der Waals surface area (Å²) in [6.45, 7) is 0.156. The molecule has 2 aromatic carbocycles. The van der Waals surface area contributed by atoms with E-state index in [-0.39, 0.29) is 29.8 Å². The number of hydrogen-bond donors (Lipinski definition) is 2. The summed E-state index contributed by atoms with van der Waals surface area (Å²) in [5, 5.41) is 2.68. The van der Waals surface area contributed by atoms with Gasteiger partial charge in [-0.2, -0.15) is 0 Å². The van der Waals surface area contributed by atoms with E-state index in [2.05, 4.69) is 10.0 Å². The van der Waals surface area contributed by atoms with Crippen molar-refractivity contribution in [3.8, 4) is 0 Å². The number of oxazole rings is 1. The highest BCUT2D eigenvalue weighted by Gasteiger charge is 2.28. The molecule has 1 aromatic heterocycles. The molecule has 3 aromatic rings. The van der Waals surface area contributed by atoms with Crippen LogP contribution in [-0.2, 0) is 21.4 Å². The minimum Gasteiger partial charge on any atom is -0.408 e. The van der Waals surface area contributed by atoms with Crippen LogP contribution in [0.15, 0.2) is 62.6 Å². The molecule has 2 N–H and O–H groups in total. The molecule has 8 nitrogen and oxygen atoms in total. The minimum atomic E-state index is -3.59. The second kappa shape index (κ2) is 7.25. The van der Waals surface area contributed by atoms with Gasteiger partial charge in [0.1, 0.15) is 0 Å². The van der Waals surface area contributed by atoms with E-state index in [0.717, 1.165) is 12.8 Å². The molecule has 146 valence electrons. The Labute approximate surface area is 161 Å². The third-order valence-electron chi connectivity index (χ3n) is 4.46. The maximum atomic E-state index is 12.3. The lowest BCUT2D eigenvalue weighted by Crippen LogP contribution is -2.25. The van der Waals surface area contributed by atoms with Gasteiger partial charge in [0.2, 0.25) is 15.9 Å². The van der Waals surface area contributed by atoms with E-state index >= 15 is 0 Å². The number of fused-ring (bicyclic) bond motifs is 1. The summed E-state index contributed by atoms with van der Waals surface area (Å²) in [4.78, 5) is 24.3. The number of aromatic nitrogens is 1. The Morgan fingerprint density at radius 2 is 1.93 bits per heavy atom. The lowest BCUT2D eigenvalue weighted by Gasteiger charge is -2.09. The van der Waals surface area contributed by atoms with Crippen LogP contribution in [0.3, 0.4) is 0 Å². The number of carbonyl (C=O) groups is 1. The highest BCUT2D eigenvalue weighted by molar-refractivity contribution is 7.89. The molecule has 9 heteroatoms. The first kappa shape index (κ1) is 18.5. The summed E-state index contributed by atoms with van der Waals surface area (Å²) in [5.41, 5.74) is 1.47. The molecule has 1 heterocycles. The molecular weight excluding hydrogens is 382 g/mol. The minimum absolute atomic E-state index is 0.00587. The number of nitrogens with zero attached hydrogens (tertiary/aromatic N) is 1. The Kier molecular flexibility index (Phi) is 4.78. The first-order valence-corrected chi connectivity index (χ1v) is 10.4. The molecule has 0 radical (unpaired) electrons. The maximum absolute atomic E-state index is 12.3. The molecule has 1 aliphatic carbocycles. The monoisotopic (exact) mass is 401 g/mol. The van der Waals surface area contributed by atoms with Crippen molar-refractivity contribution >= 4 is 32.7 Å². The number of sulfonamides is 1. The summed E-state index contributed by atoms with van der Waals surface area (Å²) in [6.07, 6.45) is 1.73. The fourth-order valence-corrected chi connectivity index (χ4v) is 4.24. The number of anilines is 1. The number of nitrogens with one attached hydrogen (secondary N) is 2. The first-order valence-electron chi connectivity index (χ1n) is 8.93. The molecule has 0 saturated heterocycles. The molecule has 1 fully saturated rings. The van der Waals surface area contributed by atoms with Gasteiger partial charge >= 0.3 is 5.76 Å². The van der Waals surface area contributed by atoms with Crippen LogP contribution >= 0.6 is 0 Å². The second-order valence-electron chi connectivity index (χ2n) is 6.71. The lowest BCUT2D eigenvalue weighted by atomic mass is 10.3. The van der Waals surface area contributed by atoms with Crippen LogP contribution in [0, 0.1) is 0 Å². The molecule has 4 rings (SSSR count). The van der Waals surface area contributed by atoms with Crippen molar-refractivity contribution in [2.75, 3.05) is 5.32 Å². The van der Waals surface area contributed by atoms with E-state index in [4.69, 9.17) is 4.42 Å². The van der Waals surface area contributed by atoms with Crippen molar-refractivity contribution in [1.29, 1.82) is 0 Å². The smallest absolute Gasteiger partial charge is 0.408 e. The van der Waals surface area contributed by atoms with Gasteiger partial charge in [-0.1, -0.05) is 18.2 Å². The number of rotatable bonds is 7. The topological polar surface area (TPSA) is 110 Å². The number of hydrogen-bond acceptors (Lipinski definition) is 5. The molecule has 28 heavy (non-hydrogen) atoms. The second-order valence-corrected chi connectivity index (χ2v) is 8.42. The van der Waals surface area contributed by atoms with E-state index in [1.54, 1.807) is 36.4 Å². The number of aryl methyl sites for hydroxylation is 1. The van der Waals surface area contributed by atoms with E-state index in [0.29, 0.717) is 16.8 Å². The Bertz CT molecular complexity index is 1190. The summed E-state index contributed by atoms with van der Waals surface area (Å²) >= 11 is 0. The number of amides is 1. The van der Waals surface area contributed by atoms with Gasteiger partial charge < -0.3 is 9.73 Å². The molecule has 0 bridgehead atoms. The zero-order valence-corrected chi connectivity index (χ0v) is 15.7. The van der Waals surface area contributed by atoms with Crippen LogP contribution in [0.25, 0.3) is 11.1 Å². The standard InChI is InChI=1S/C19H19N3O5S/c23-18(10-11-22-16-6-1-2-7-17(16)27-19(22)24)20-14-4-3-5-15(12-14)28(25,26)21-13-8-9-13/h1-7,12-13,21H,8-11H2,(H,20,23). The molecule has 0 aliphatic heterocycles. The van der Waals surface area contributed by atoms with Crippen molar-refractivity contribution in [3.63, 3.8) is 0 Å². The fraction of sp³-hybridized carbons (Fsp3) is 0.263. The molecular formula is C19H19N3O5S. The third-order valence-corrected chi connectivity index (χ3v) is 5.98. The molecule has 1 amide bonds. The highest BCUT2D eigenvalue weighted by atomic mass is 32.2. The quantitative estimate of drug-likeness (QED) is 0.630. The van der Waals surface area contributed by atoms with E-state index in [9.17, 15) is 18.0 Å². The van der Waals surface area contributed by atoms with Gasteiger partial charge in [-0.15, -0.1) is 0 Å². The molecule has 1 aliphatic rings. The van der Waals surface area contributed by atoms with Crippen molar-refractivity contribution in [2.45, 2.75) is 36.7 Å². The van der Waals surface area contributed by atoms with Crippen LogP contribution in [0.5, 0.6) is 0 Å². The van der Waals surface area contributed by atoms with Crippen LogP contribution in [0.4, 0.5) is 5.69 Å². The Morgan fingerprint density at radius 1 is 1.14 bits per heavy atom. The third kappa shape index (κ3) is 4.00. The average Bonchev–Trinajstić information content (AvgIpc) is 3.40. The number of para-hydroxylation sites is 2.